The number of H-pyrrole nitrogens is 1. The second kappa shape index (κ2) is 2.87. The zero-order valence-corrected chi connectivity index (χ0v) is 7.93. The molecular formula is C9H6F3N3O. The molecule has 0 atom stereocenters. The Kier molecular flexibility index (Phi) is 1.69. The van der Waals surface area contributed by atoms with Crippen LogP contribution in [-0.2, 0) is 19.0 Å². The van der Waals surface area contributed by atoms with Crippen molar-refractivity contribution < 1.29 is 17.7 Å². The molecule has 0 spiro atoms. The van der Waals surface area contributed by atoms with Gasteiger partial charge in [0.25, 0.3) is 0 Å². The van der Waals surface area contributed by atoms with Gasteiger partial charge in [0, 0.05) is 12.1 Å². The maximum atomic E-state index is 12.6. The van der Waals surface area contributed by atoms with Gasteiger partial charge in [-0.05, 0) is 6.42 Å². The van der Waals surface area contributed by atoms with Crippen LogP contribution in [0.2, 0.25) is 0 Å². The summed E-state index contributed by atoms with van der Waals surface area (Å²) in [7, 11) is 0. The topological polar surface area (TPSA) is 54.7 Å². The molecule has 2 aromatic rings. The summed E-state index contributed by atoms with van der Waals surface area (Å²) in [5.74, 6) is 0.256. The Morgan fingerprint density at radius 3 is 2.88 bits per heavy atom. The van der Waals surface area contributed by atoms with Gasteiger partial charge in [-0.15, -0.1) is 0 Å². The third-order valence-electron chi connectivity index (χ3n) is 2.59. The molecule has 84 valence electrons. The molecule has 16 heavy (non-hydrogen) atoms. The van der Waals surface area contributed by atoms with E-state index in [9.17, 15) is 13.2 Å². The molecule has 1 aliphatic rings. The fourth-order valence-electron chi connectivity index (χ4n) is 1.90. The van der Waals surface area contributed by atoms with Crippen LogP contribution >= 0.6 is 0 Å². The Bertz CT molecular complexity index is 540. The number of nitrogens with zero attached hydrogens (tertiary/aromatic N) is 2. The summed E-state index contributed by atoms with van der Waals surface area (Å²) < 4.78 is 42.7. The van der Waals surface area contributed by atoms with Gasteiger partial charge >= 0.3 is 6.18 Å². The van der Waals surface area contributed by atoms with Gasteiger partial charge in [-0.2, -0.15) is 13.2 Å². The molecule has 0 aliphatic heterocycles. The molecule has 3 rings (SSSR count). The summed E-state index contributed by atoms with van der Waals surface area (Å²) in [5, 5.41) is 3.09. The van der Waals surface area contributed by atoms with Gasteiger partial charge in [0.2, 0.25) is 0 Å². The fourth-order valence-corrected chi connectivity index (χ4v) is 1.90. The number of hydrogen-bond donors (Lipinski definition) is 1. The van der Waals surface area contributed by atoms with Crippen LogP contribution < -0.4 is 0 Å². The standard InChI is InChI=1S/C9H6F3N3O/c10-9(11,12)8-6-5(16-15-8)2-1-4-7(6)14-3-13-4/h3H,1-2H2,(H,13,14). The summed E-state index contributed by atoms with van der Waals surface area (Å²) in [6, 6.07) is 0. The van der Waals surface area contributed by atoms with Crippen LogP contribution in [-0.4, -0.2) is 15.1 Å². The lowest BCUT2D eigenvalue weighted by molar-refractivity contribution is -0.142. The Balaban J connectivity index is 2.26. The normalized spacial score (nSPS) is 14.7. The van der Waals surface area contributed by atoms with Crippen molar-refractivity contribution in [2.75, 3.05) is 0 Å². The first-order valence-corrected chi connectivity index (χ1v) is 4.65. The molecule has 0 saturated heterocycles. The number of halogens is 3. The third kappa shape index (κ3) is 1.17. The number of hydrogen-bond acceptors (Lipinski definition) is 3. The van der Waals surface area contributed by atoms with Crippen LogP contribution in [0.3, 0.4) is 0 Å². The number of aromatic amines is 1. The average Bonchev–Trinajstić information content (AvgIpc) is 2.81. The number of fused-ring (bicyclic) bond motifs is 3. The monoisotopic (exact) mass is 229 g/mol. The molecule has 0 radical (unpaired) electrons. The van der Waals surface area contributed by atoms with E-state index in [-0.39, 0.29) is 11.3 Å². The minimum Gasteiger partial charge on any atom is -0.360 e. The van der Waals surface area contributed by atoms with Gasteiger partial charge in [-0.25, -0.2) is 4.98 Å². The SMILES string of the molecule is FC(F)(F)c1noc2c1-c1nc[nH]c1CC2. The highest BCUT2D eigenvalue weighted by Gasteiger charge is 2.41. The highest BCUT2D eigenvalue weighted by molar-refractivity contribution is 5.69. The maximum absolute atomic E-state index is 12.6. The molecule has 0 aromatic carbocycles. The van der Waals surface area contributed by atoms with Crippen molar-refractivity contribution in [3.63, 3.8) is 0 Å². The highest BCUT2D eigenvalue weighted by Crippen LogP contribution is 2.41. The van der Waals surface area contributed by atoms with Gasteiger partial charge in [0.05, 0.1) is 17.6 Å². The number of aromatic nitrogens is 3. The van der Waals surface area contributed by atoms with Gasteiger partial charge in [0.15, 0.2) is 5.69 Å². The lowest BCUT2D eigenvalue weighted by Gasteiger charge is -2.10. The molecule has 2 heterocycles. The van der Waals surface area contributed by atoms with E-state index in [1.165, 1.54) is 6.33 Å². The van der Waals surface area contributed by atoms with Crippen LogP contribution in [0.1, 0.15) is 17.1 Å². The van der Waals surface area contributed by atoms with Crippen molar-refractivity contribution in [1.29, 1.82) is 0 Å². The summed E-state index contributed by atoms with van der Waals surface area (Å²) in [6.45, 7) is 0. The van der Waals surface area contributed by atoms with Gasteiger partial charge < -0.3 is 9.51 Å². The Morgan fingerprint density at radius 2 is 2.12 bits per heavy atom. The van der Waals surface area contributed by atoms with Crippen molar-refractivity contribution in [1.82, 2.24) is 15.1 Å². The maximum Gasteiger partial charge on any atom is 0.437 e. The first kappa shape index (κ1) is 9.44. The molecule has 1 aliphatic carbocycles. The molecule has 1 N–H and O–H groups in total. The summed E-state index contributed by atoms with van der Waals surface area (Å²) in [4.78, 5) is 6.71. The van der Waals surface area contributed by atoms with E-state index in [0.29, 0.717) is 24.2 Å². The van der Waals surface area contributed by atoms with Crippen molar-refractivity contribution in [2.24, 2.45) is 0 Å². The Hall–Kier alpha value is -1.79. The quantitative estimate of drug-likeness (QED) is 0.753. The van der Waals surface area contributed by atoms with Crippen molar-refractivity contribution in [3.05, 3.63) is 23.5 Å². The van der Waals surface area contributed by atoms with Crippen molar-refractivity contribution >= 4 is 0 Å². The smallest absolute Gasteiger partial charge is 0.360 e. The van der Waals surface area contributed by atoms with Crippen molar-refractivity contribution in [3.8, 4) is 11.3 Å². The second-order valence-corrected chi connectivity index (χ2v) is 3.56. The number of nitrogens with one attached hydrogen (secondary N) is 1. The van der Waals surface area contributed by atoms with Crippen LogP contribution in [0.4, 0.5) is 13.2 Å². The lowest BCUT2D eigenvalue weighted by Crippen LogP contribution is -2.10. The van der Waals surface area contributed by atoms with Gasteiger partial charge in [-0.3, -0.25) is 0 Å². The number of alkyl halides is 3. The third-order valence-corrected chi connectivity index (χ3v) is 2.59. The Morgan fingerprint density at radius 1 is 1.31 bits per heavy atom. The first-order valence-electron chi connectivity index (χ1n) is 4.65. The molecule has 2 aromatic heterocycles. The second-order valence-electron chi connectivity index (χ2n) is 3.56. The zero-order valence-electron chi connectivity index (χ0n) is 7.93. The van der Waals surface area contributed by atoms with Crippen LogP contribution in [0.25, 0.3) is 11.3 Å². The predicted molar refractivity (Wildman–Crippen MR) is 46.5 cm³/mol. The van der Waals surface area contributed by atoms with Crippen LogP contribution in [0, 0.1) is 0 Å². The lowest BCUT2D eigenvalue weighted by atomic mass is 9.97. The number of aryl methyl sites for hydroxylation is 2. The number of imidazole rings is 1. The van der Waals surface area contributed by atoms with E-state index in [0.717, 1.165) is 0 Å². The van der Waals surface area contributed by atoms with Crippen LogP contribution in [0.15, 0.2) is 10.9 Å². The Labute approximate surface area is 87.5 Å². The van der Waals surface area contributed by atoms with E-state index in [4.69, 9.17) is 4.52 Å². The number of rotatable bonds is 0. The summed E-state index contributed by atoms with van der Waals surface area (Å²) >= 11 is 0. The van der Waals surface area contributed by atoms with Crippen molar-refractivity contribution in [2.45, 2.75) is 19.0 Å². The van der Waals surface area contributed by atoms with Gasteiger partial charge in [-0.1, -0.05) is 5.16 Å². The minimum absolute atomic E-state index is 0.0185. The summed E-state index contributed by atoms with van der Waals surface area (Å²) in [6.07, 6.45) is -2.13. The van der Waals surface area contributed by atoms with Gasteiger partial charge in [0.1, 0.15) is 5.76 Å². The predicted octanol–water partition coefficient (Wildman–Crippen LogP) is 2.18. The molecule has 7 heteroatoms. The minimum atomic E-state index is -4.51. The fraction of sp³-hybridized carbons (Fsp3) is 0.333. The molecular weight excluding hydrogens is 223 g/mol. The molecule has 0 unspecified atom stereocenters. The van der Waals surface area contributed by atoms with E-state index in [1.807, 2.05) is 0 Å². The first-order chi connectivity index (χ1) is 7.57. The average molecular weight is 229 g/mol. The van der Waals surface area contributed by atoms with E-state index < -0.39 is 11.9 Å². The largest absolute Gasteiger partial charge is 0.437 e. The zero-order chi connectivity index (χ0) is 11.3. The molecule has 0 amide bonds. The van der Waals surface area contributed by atoms with Crippen LogP contribution in [0.5, 0.6) is 0 Å². The molecule has 4 nitrogen and oxygen atoms in total. The molecule has 0 saturated carbocycles. The highest BCUT2D eigenvalue weighted by atomic mass is 19.4. The van der Waals surface area contributed by atoms with E-state index >= 15 is 0 Å². The molecule has 0 fully saturated rings. The van der Waals surface area contributed by atoms with E-state index in [2.05, 4.69) is 15.1 Å². The van der Waals surface area contributed by atoms with E-state index in [1.54, 1.807) is 0 Å². The summed E-state index contributed by atoms with van der Waals surface area (Å²) in [5.41, 5.74) is -0.0124. The molecule has 0 bridgehead atoms.